The van der Waals surface area contributed by atoms with Crippen molar-refractivity contribution in [3.8, 4) is 0 Å². The second-order valence-electron chi connectivity index (χ2n) is 6.85. The Morgan fingerprint density at radius 2 is 1.46 bits per heavy atom. The third kappa shape index (κ3) is 1.90. The molecule has 0 saturated carbocycles. The van der Waals surface area contributed by atoms with E-state index in [1.807, 2.05) is 56.3 Å². The number of benzene rings is 3. The first-order valence-electron chi connectivity index (χ1n) is 8.55. The number of rotatable bonds is 0. The second kappa shape index (κ2) is 5.05. The molecule has 0 fully saturated rings. The van der Waals surface area contributed by atoms with Gasteiger partial charge in [-0.1, -0.05) is 23.8 Å². The van der Waals surface area contributed by atoms with Crippen LogP contribution >= 0.6 is 0 Å². The van der Waals surface area contributed by atoms with Gasteiger partial charge in [0.1, 0.15) is 0 Å². The lowest BCUT2D eigenvalue weighted by Gasteiger charge is -2.10. The topological polar surface area (TPSA) is 65.7 Å². The summed E-state index contributed by atoms with van der Waals surface area (Å²) in [6.07, 6.45) is 0. The van der Waals surface area contributed by atoms with Gasteiger partial charge in [0.05, 0.1) is 16.4 Å². The number of aromatic nitrogens is 2. The van der Waals surface area contributed by atoms with Crippen LogP contribution in [0.25, 0.3) is 43.6 Å². The number of pyridine rings is 2. The Bertz CT molecular complexity index is 1490. The second-order valence-corrected chi connectivity index (χ2v) is 6.85. The minimum Gasteiger partial charge on any atom is -0.354 e. The van der Waals surface area contributed by atoms with E-state index >= 15 is 0 Å². The zero-order valence-corrected chi connectivity index (χ0v) is 14.4. The van der Waals surface area contributed by atoms with Crippen LogP contribution in [0.5, 0.6) is 0 Å². The van der Waals surface area contributed by atoms with Crippen molar-refractivity contribution in [2.75, 3.05) is 0 Å². The summed E-state index contributed by atoms with van der Waals surface area (Å²) < 4.78 is 0. The van der Waals surface area contributed by atoms with Crippen LogP contribution in [0.3, 0.4) is 0 Å². The molecule has 3 aromatic carbocycles. The van der Waals surface area contributed by atoms with Crippen LogP contribution in [-0.4, -0.2) is 9.97 Å². The van der Waals surface area contributed by atoms with Gasteiger partial charge in [0.15, 0.2) is 10.9 Å². The van der Waals surface area contributed by atoms with Crippen LogP contribution in [0.2, 0.25) is 0 Å². The van der Waals surface area contributed by atoms with E-state index < -0.39 is 0 Å². The van der Waals surface area contributed by atoms with Gasteiger partial charge in [-0.05, 0) is 49.7 Å². The maximum Gasteiger partial charge on any atom is 0.197 e. The first-order valence-corrected chi connectivity index (χ1v) is 8.55. The molecule has 0 atom stereocenters. The first-order chi connectivity index (χ1) is 12.5. The monoisotopic (exact) mass is 340 g/mol. The van der Waals surface area contributed by atoms with Crippen molar-refractivity contribution in [3.63, 3.8) is 0 Å². The van der Waals surface area contributed by atoms with Crippen molar-refractivity contribution in [1.29, 1.82) is 0 Å². The van der Waals surface area contributed by atoms with Crippen molar-refractivity contribution in [1.82, 2.24) is 9.97 Å². The molecule has 2 N–H and O–H groups in total. The van der Waals surface area contributed by atoms with Gasteiger partial charge in [-0.15, -0.1) is 0 Å². The minimum absolute atomic E-state index is 0.0152. The highest BCUT2D eigenvalue weighted by molar-refractivity contribution is 6.05. The Balaban J connectivity index is 2.08. The van der Waals surface area contributed by atoms with Crippen LogP contribution in [-0.2, 0) is 0 Å². The Labute approximate surface area is 148 Å². The number of hydrogen-bond acceptors (Lipinski definition) is 2. The first kappa shape index (κ1) is 14.9. The van der Waals surface area contributed by atoms with Crippen molar-refractivity contribution in [2.45, 2.75) is 13.8 Å². The fraction of sp³-hybridized carbons (Fsp3) is 0.0909. The molecular weight excluding hydrogens is 324 g/mol. The molecule has 0 radical (unpaired) electrons. The fourth-order valence-corrected chi connectivity index (χ4v) is 3.85. The zero-order chi connectivity index (χ0) is 18.0. The fourth-order valence-electron chi connectivity index (χ4n) is 3.85. The molecule has 2 aromatic heterocycles. The van der Waals surface area contributed by atoms with E-state index in [1.165, 1.54) is 0 Å². The van der Waals surface area contributed by atoms with E-state index in [-0.39, 0.29) is 10.9 Å². The predicted molar refractivity (Wildman–Crippen MR) is 107 cm³/mol. The molecule has 4 nitrogen and oxygen atoms in total. The van der Waals surface area contributed by atoms with Gasteiger partial charge < -0.3 is 9.97 Å². The van der Waals surface area contributed by atoms with Gasteiger partial charge in [-0.25, -0.2) is 0 Å². The number of H-pyrrole nitrogens is 2. The summed E-state index contributed by atoms with van der Waals surface area (Å²) in [6.45, 7) is 3.86. The van der Waals surface area contributed by atoms with E-state index in [4.69, 9.17) is 0 Å². The zero-order valence-electron chi connectivity index (χ0n) is 14.4. The van der Waals surface area contributed by atoms with Crippen molar-refractivity contribution >= 4 is 43.6 Å². The molecule has 0 amide bonds. The predicted octanol–water partition coefficient (Wildman–Crippen LogP) is 4.29. The molecule has 5 rings (SSSR count). The Kier molecular flexibility index (Phi) is 2.89. The van der Waals surface area contributed by atoms with E-state index in [9.17, 15) is 9.59 Å². The standard InChI is InChI=1S/C22H16N2O2/c1-11-7-8-17-14(9-11)21(25)15-10-18-19(12(2)20(15)24-17)22(26)13-5-3-4-6-16(13)23-18/h3-10H,1-2H3,(H,23,26)(H,24,25). The van der Waals surface area contributed by atoms with E-state index in [2.05, 4.69) is 9.97 Å². The Hall–Kier alpha value is -3.40. The van der Waals surface area contributed by atoms with E-state index in [1.54, 1.807) is 6.07 Å². The summed E-state index contributed by atoms with van der Waals surface area (Å²) in [5, 5.41) is 2.54. The summed E-state index contributed by atoms with van der Waals surface area (Å²) in [4.78, 5) is 32.8. The molecule has 0 unspecified atom stereocenters. The molecule has 126 valence electrons. The average molecular weight is 340 g/mol. The van der Waals surface area contributed by atoms with Crippen molar-refractivity contribution in [2.24, 2.45) is 0 Å². The maximum atomic E-state index is 13.1. The SMILES string of the molecule is Cc1ccc2[nH]c3c(C)c4c(=O)c5ccccc5[nH]c4cc3c(=O)c2c1. The summed E-state index contributed by atoms with van der Waals surface area (Å²) in [7, 11) is 0. The number of hydrogen-bond donors (Lipinski definition) is 2. The molecule has 0 aliphatic rings. The molecule has 5 aromatic rings. The third-order valence-electron chi connectivity index (χ3n) is 5.17. The van der Waals surface area contributed by atoms with Gasteiger partial charge in [0, 0.05) is 27.2 Å². The van der Waals surface area contributed by atoms with Crippen molar-refractivity contribution in [3.05, 3.63) is 80.1 Å². The minimum atomic E-state index is -0.0172. The number of aryl methyl sites for hydroxylation is 2. The maximum absolute atomic E-state index is 13.1. The normalized spacial score (nSPS) is 11.8. The molecule has 4 heteroatoms. The molecule has 0 aliphatic carbocycles. The molecule has 0 bridgehead atoms. The molecule has 0 saturated heterocycles. The molecule has 0 aliphatic heterocycles. The van der Waals surface area contributed by atoms with Crippen LogP contribution in [0.4, 0.5) is 0 Å². The molecule has 2 heterocycles. The highest BCUT2D eigenvalue weighted by atomic mass is 16.1. The van der Waals surface area contributed by atoms with Crippen LogP contribution in [0, 0.1) is 13.8 Å². The quantitative estimate of drug-likeness (QED) is 0.413. The highest BCUT2D eigenvalue weighted by Gasteiger charge is 2.14. The van der Waals surface area contributed by atoms with Gasteiger partial charge in [-0.2, -0.15) is 0 Å². The largest absolute Gasteiger partial charge is 0.354 e. The Morgan fingerprint density at radius 1 is 0.692 bits per heavy atom. The third-order valence-corrected chi connectivity index (χ3v) is 5.17. The number of nitrogens with one attached hydrogen (secondary N) is 2. The van der Waals surface area contributed by atoms with Gasteiger partial charge in [0.25, 0.3) is 0 Å². The lowest BCUT2D eigenvalue weighted by Crippen LogP contribution is -2.10. The lowest BCUT2D eigenvalue weighted by molar-refractivity contribution is 1.40. The van der Waals surface area contributed by atoms with Gasteiger partial charge in [-0.3, -0.25) is 9.59 Å². The highest BCUT2D eigenvalue weighted by Crippen LogP contribution is 2.25. The number of aromatic amines is 2. The molecular formula is C22H16N2O2. The van der Waals surface area contributed by atoms with Crippen LogP contribution < -0.4 is 10.9 Å². The van der Waals surface area contributed by atoms with Crippen molar-refractivity contribution < 1.29 is 0 Å². The summed E-state index contributed by atoms with van der Waals surface area (Å²) >= 11 is 0. The van der Waals surface area contributed by atoms with Gasteiger partial charge in [0.2, 0.25) is 0 Å². The number of fused-ring (bicyclic) bond motifs is 4. The summed E-state index contributed by atoms with van der Waals surface area (Å²) in [5.41, 5.74) is 4.78. The number of para-hydroxylation sites is 1. The van der Waals surface area contributed by atoms with E-state index in [0.29, 0.717) is 27.1 Å². The molecule has 0 spiro atoms. The van der Waals surface area contributed by atoms with Crippen LogP contribution in [0.15, 0.2) is 58.1 Å². The molecule has 26 heavy (non-hydrogen) atoms. The average Bonchev–Trinajstić information content (AvgIpc) is 2.64. The van der Waals surface area contributed by atoms with Gasteiger partial charge >= 0.3 is 0 Å². The Morgan fingerprint density at radius 3 is 2.31 bits per heavy atom. The van der Waals surface area contributed by atoms with Crippen LogP contribution in [0.1, 0.15) is 11.1 Å². The van der Waals surface area contributed by atoms with E-state index in [0.717, 1.165) is 27.7 Å². The summed E-state index contributed by atoms with van der Waals surface area (Å²) in [6, 6.07) is 15.0. The lowest BCUT2D eigenvalue weighted by atomic mass is 10.00. The summed E-state index contributed by atoms with van der Waals surface area (Å²) in [5.74, 6) is 0. The smallest absolute Gasteiger partial charge is 0.197 e.